The highest BCUT2D eigenvalue weighted by atomic mass is 19.1. The molecule has 0 amide bonds. The van der Waals surface area contributed by atoms with E-state index in [2.05, 4.69) is 0 Å². The summed E-state index contributed by atoms with van der Waals surface area (Å²) in [6, 6.07) is 31.6. The quantitative estimate of drug-likeness (QED) is 0.189. The van der Waals surface area contributed by atoms with Crippen LogP contribution in [0.25, 0.3) is 0 Å². The SMILES string of the molecule is O=C(OC[C@H]1O[C@@H](F)[C@H](OC(=O)c2ccccc2)[C@@H](OC(=O)c2ccccc2)[C@@H]1OC(=O)c1ccccc1)c1ccccc1. The van der Waals surface area contributed by atoms with Crippen molar-refractivity contribution in [2.24, 2.45) is 0 Å². The number of alkyl halides is 1. The summed E-state index contributed by atoms with van der Waals surface area (Å²) in [6.45, 7) is -0.584. The number of rotatable bonds is 9. The van der Waals surface area contributed by atoms with E-state index < -0.39 is 61.3 Å². The summed E-state index contributed by atoms with van der Waals surface area (Å²) in [6.07, 6.45) is -8.94. The summed E-state index contributed by atoms with van der Waals surface area (Å²) in [4.78, 5) is 52.1. The lowest BCUT2D eigenvalue weighted by Gasteiger charge is -2.42. The Hall–Kier alpha value is -5.35. The normalized spacial score (nSPS) is 21.0. The topological polar surface area (TPSA) is 114 Å². The summed E-state index contributed by atoms with van der Waals surface area (Å²) < 4.78 is 43.6. The van der Waals surface area contributed by atoms with E-state index in [1.165, 1.54) is 48.5 Å². The minimum absolute atomic E-state index is 0.101. The first-order chi connectivity index (χ1) is 21.4. The van der Waals surface area contributed by atoms with Crippen LogP contribution in [0.1, 0.15) is 41.4 Å². The van der Waals surface area contributed by atoms with Crippen molar-refractivity contribution < 1.29 is 47.3 Å². The molecule has 0 aromatic heterocycles. The zero-order chi connectivity index (χ0) is 30.9. The molecule has 0 saturated carbocycles. The number of hydrogen-bond acceptors (Lipinski definition) is 9. The first-order valence-corrected chi connectivity index (χ1v) is 13.7. The van der Waals surface area contributed by atoms with Crippen LogP contribution in [0.2, 0.25) is 0 Å². The van der Waals surface area contributed by atoms with Crippen molar-refractivity contribution >= 4 is 23.9 Å². The first-order valence-electron chi connectivity index (χ1n) is 13.7. The number of esters is 4. The molecular weight excluding hydrogens is 571 g/mol. The molecule has 0 bridgehead atoms. The summed E-state index contributed by atoms with van der Waals surface area (Å²) >= 11 is 0. The van der Waals surface area contributed by atoms with E-state index in [4.69, 9.17) is 23.7 Å². The van der Waals surface area contributed by atoms with E-state index in [9.17, 15) is 19.2 Å². The Morgan fingerprint density at radius 1 is 0.500 bits per heavy atom. The predicted octanol–water partition coefficient (Wildman–Crippen LogP) is 5.21. The Morgan fingerprint density at radius 2 is 0.841 bits per heavy atom. The molecule has 4 aromatic rings. The highest BCUT2D eigenvalue weighted by molar-refractivity contribution is 5.91. The van der Waals surface area contributed by atoms with Crippen molar-refractivity contribution in [3.63, 3.8) is 0 Å². The van der Waals surface area contributed by atoms with E-state index in [-0.39, 0.29) is 22.3 Å². The summed E-state index contributed by atoms with van der Waals surface area (Å²) in [7, 11) is 0. The fraction of sp³-hybridized carbons (Fsp3) is 0.176. The van der Waals surface area contributed by atoms with Crippen molar-refractivity contribution in [1.82, 2.24) is 0 Å². The number of carbonyl (C=O) groups is 4. The minimum Gasteiger partial charge on any atom is -0.459 e. The largest absolute Gasteiger partial charge is 0.459 e. The van der Waals surface area contributed by atoms with Gasteiger partial charge in [0, 0.05) is 0 Å². The van der Waals surface area contributed by atoms with E-state index in [1.54, 1.807) is 72.8 Å². The van der Waals surface area contributed by atoms with Gasteiger partial charge in [0.15, 0.2) is 18.3 Å². The van der Waals surface area contributed by atoms with E-state index in [0.717, 1.165) is 0 Å². The highest BCUT2D eigenvalue weighted by Gasteiger charge is 2.53. The van der Waals surface area contributed by atoms with Crippen LogP contribution in [-0.2, 0) is 23.7 Å². The van der Waals surface area contributed by atoms with Crippen molar-refractivity contribution in [2.75, 3.05) is 6.61 Å². The molecule has 4 aromatic carbocycles. The molecule has 1 fully saturated rings. The molecular formula is C34H27FO9. The van der Waals surface area contributed by atoms with Gasteiger partial charge in [0.2, 0.25) is 6.36 Å². The van der Waals surface area contributed by atoms with Gasteiger partial charge in [-0.25, -0.2) is 23.6 Å². The third kappa shape index (κ3) is 7.34. The van der Waals surface area contributed by atoms with Crippen LogP contribution >= 0.6 is 0 Å². The molecule has 1 heterocycles. The van der Waals surface area contributed by atoms with Crippen molar-refractivity contribution in [1.29, 1.82) is 0 Å². The van der Waals surface area contributed by atoms with Crippen LogP contribution in [0.5, 0.6) is 0 Å². The molecule has 0 unspecified atom stereocenters. The van der Waals surface area contributed by atoms with Gasteiger partial charge in [-0.3, -0.25) is 0 Å². The molecule has 224 valence electrons. The Balaban J connectivity index is 1.48. The van der Waals surface area contributed by atoms with E-state index >= 15 is 4.39 Å². The summed E-state index contributed by atoms with van der Waals surface area (Å²) in [5.74, 6) is -3.42. The molecule has 0 N–H and O–H groups in total. The molecule has 9 nitrogen and oxygen atoms in total. The van der Waals surface area contributed by atoms with Gasteiger partial charge in [0.1, 0.15) is 12.7 Å². The molecule has 10 heteroatoms. The maximum atomic E-state index is 15.8. The second-order valence-corrected chi connectivity index (χ2v) is 9.70. The van der Waals surface area contributed by atoms with Crippen LogP contribution in [0.15, 0.2) is 121 Å². The number of benzene rings is 4. The van der Waals surface area contributed by atoms with Gasteiger partial charge in [-0.1, -0.05) is 72.8 Å². The highest BCUT2D eigenvalue weighted by Crippen LogP contribution is 2.31. The average Bonchev–Trinajstić information content (AvgIpc) is 3.07. The lowest BCUT2D eigenvalue weighted by molar-refractivity contribution is -0.261. The van der Waals surface area contributed by atoms with Gasteiger partial charge in [0.05, 0.1) is 22.3 Å². The lowest BCUT2D eigenvalue weighted by Crippen LogP contribution is -2.61. The Bertz CT molecular complexity index is 1570. The van der Waals surface area contributed by atoms with Gasteiger partial charge in [-0.15, -0.1) is 0 Å². The van der Waals surface area contributed by atoms with Crippen molar-refractivity contribution in [3.8, 4) is 0 Å². The summed E-state index contributed by atoms with van der Waals surface area (Å²) in [5, 5.41) is 0. The van der Waals surface area contributed by atoms with Gasteiger partial charge in [-0.05, 0) is 48.5 Å². The predicted molar refractivity (Wildman–Crippen MR) is 153 cm³/mol. The van der Waals surface area contributed by atoms with Crippen LogP contribution in [0.4, 0.5) is 4.39 Å². The Labute approximate surface area is 252 Å². The number of carbonyl (C=O) groups excluding carboxylic acids is 4. The standard InChI is InChI=1S/C34H27FO9/c35-30-29(44-34(39)25-19-11-4-12-20-25)28(43-33(38)24-17-9-3-10-18-24)27(42-32(37)23-15-7-2-8-16-23)26(41-30)21-40-31(36)22-13-5-1-6-14-22/h1-20,26-30H,21H2/t26-,27-,28+,29-,30-/m1/s1. The second kappa shape index (κ2) is 14.2. The Morgan fingerprint density at radius 3 is 1.25 bits per heavy atom. The van der Waals surface area contributed by atoms with Gasteiger partial charge in [0.25, 0.3) is 0 Å². The maximum absolute atomic E-state index is 15.8. The number of hydrogen-bond donors (Lipinski definition) is 0. The monoisotopic (exact) mass is 598 g/mol. The van der Waals surface area contributed by atoms with Crippen molar-refractivity contribution in [2.45, 2.75) is 30.8 Å². The van der Waals surface area contributed by atoms with Gasteiger partial charge < -0.3 is 23.7 Å². The zero-order valence-corrected chi connectivity index (χ0v) is 23.2. The molecule has 1 aliphatic rings. The lowest BCUT2D eigenvalue weighted by atomic mass is 9.98. The van der Waals surface area contributed by atoms with Crippen LogP contribution in [0.3, 0.4) is 0 Å². The molecule has 0 radical (unpaired) electrons. The fourth-order valence-corrected chi connectivity index (χ4v) is 4.51. The third-order valence-corrected chi connectivity index (χ3v) is 6.72. The van der Waals surface area contributed by atoms with Crippen LogP contribution in [0, 0.1) is 0 Å². The van der Waals surface area contributed by atoms with Gasteiger partial charge in [-0.2, -0.15) is 0 Å². The fourth-order valence-electron chi connectivity index (χ4n) is 4.51. The first kappa shape index (κ1) is 30.1. The van der Waals surface area contributed by atoms with Crippen LogP contribution in [-0.4, -0.2) is 61.3 Å². The molecule has 5 atom stereocenters. The molecule has 44 heavy (non-hydrogen) atoms. The minimum atomic E-state index is -2.36. The Kier molecular flexibility index (Phi) is 9.73. The third-order valence-electron chi connectivity index (χ3n) is 6.72. The average molecular weight is 599 g/mol. The molecule has 1 saturated heterocycles. The molecule has 5 rings (SSSR count). The maximum Gasteiger partial charge on any atom is 0.338 e. The number of ether oxygens (including phenoxy) is 5. The smallest absolute Gasteiger partial charge is 0.338 e. The zero-order valence-electron chi connectivity index (χ0n) is 23.2. The molecule has 0 aliphatic carbocycles. The van der Waals surface area contributed by atoms with Crippen molar-refractivity contribution in [3.05, 3.63) is 144 Å². The molecule has 0 spiro atoms. The van der Waals surface area contributed by atoms with Gasteiger partial charge >= 0.3 is 23.9 Å². The van der Waals surface area contributed by atoms with E-state index in [0.29, 0.717) is 0 Å². The molecule has 1 aliphatic heterocycles. The second-order valence-electron chi connectivity index (χ2n) is 9.70. The number of halogens is 1. The summed E-state index contributed by atoms with van der Waals surface area (Å²) in [5.41, 5.74) is 0.577. The van der Waals surface area contributed by atoms with Crippen LogP contribution < -0.4 is 0 Å². The van der Waals surface area contributed by atoms with E-state index in [1.807, 2.05) is 0 Å².